The highest BCUT2D eigenvalue weighted by molar-refractivity contribution is 5.90. The van der Waals surface area contributed by atoms with E-state index in [1.165, 1.54) is 0 Å². The van der Waals surface area contributed by atoms with Gasteiger partial charge in [0.25, 0.3) is 0 Å². The number of rotatable bonds is 6. The number of nitrogens with one attached hydrogen (secondary N) is 1. The van der Waals surface area contributed by atoms with Gasteiger partial charge in [-0.05, 0) is 25.7 Å². The third-order valence-corrected chi connectivity index (χ3v) is 2.98. The normalized spacial score (nSPS) is 18.9. The molecule has 1 rings (SSSR count). The van der Waals surface area contributed by atoms with Crippen molar-refractivity contribution in [1.29, 1.82) is 0 Å². The number of aliphatic carboxylic acids is 1. The van der Waals surface area contributed by atoms with Crippen LogP contribution < -0.4 is 16.8 Å². The van der Waals surface area contributed by atoms with Crippen molar-refractivity contribution in [1.82, 2.24) is 5.32 Å². The van der Waals surface area contributed by atoms with Gasteiger partial charge in [0.2, 0.25) is 11.8 Å². The fraction of sp³-hybridized carbons (Fsp3) is 0.700. The van der Waals surface area contributed by atoms with Crippen molar-refractivity contribution >= 4 is 17.8 Å². The van der Waals surface area contributed by atoms with Crippen molar-refractivity contribution in [2.24, 2.45) is 11.5 Å². The largest absolute Gasteiger partial charge is 0.480 e. The Kier molecular flexibility index (Phi) is 4.06. The van der Waals surface area contributed by atoms with E-state index < -0.39 is 29.4 Å². The molecule has 0 bridgehead atoms. The SMILES string of the molecule is NC(=O)CC[C@H](NC(=O)C1(N)CCC1)C(=O)O. The second kappa shape index (κ2) is 5.13. The molecule has 0 aromatic rings. The van der Waals surface area contributed by atoms with Crippen LogP contribution in [0.1, 0.15) is 32.1 Å². The molecule has 0 heterocycles. The number of carbonyl (C=O) groups excluding carboxylic acids is 2. The minimum atomic E-state index is -1.19. The van der Waals surface area contributed by atoms with Gasteiger partial charge >= 0.3 is 5.97 Å². The molecule has 0 aromatic heterocycles. The van der Waals surface area contributed by atoms with Crippen LogP contribution in [0.2, 0.25) is 0 Å². The first kappa shape index (κ1) is 13.4. The summed E-state index contributed by atoms with van der Waals surface area (Å²) in [5.41, 5.74) is 9.74. The predicted molar refractivity (Wildman–Crippen MR) is 58.8 cm³/mol. The number of amides is 2. The van der Waals surface area contributed by atoms with Crippen LogP contribution >= 0.6 is 0 Å². The monoisotopic (exact) mass is 243 g/mol. The van der Waals surface area contributed by atoms with E-state index >= 15 is 0 Å². The van der Waals surface area contributed by atoms with Crippen LogP contribution in [0.4, 0.5) is 0 Å². The van der Waals surface area contributed by atoms with Crippen LogP contribution in [0.25, 0.3) is 0 Å². The third kappa shape index (κ3) is 3.42. The first-order chi connectivity index (χ1) is 7.85. The first-order valence-electron chi connectivity index (χ1n) is 5.46. The maximum atomic E-state index is 11.7. The van der Waals surface area contributed by atoms with E-state index in [1.807, 2.05) is 0 Å². The Morgan fingerprint density at radius 1 is 1.35 bits per heavy atom. The Labute approximate surface area is 98.5 Å². The average Bonchev–Trinajstić information content (AvgIpc) is 2.19. The van der Waals surface area contributed by atoms with Crippen molar-refractivity contribution in [3.63, 3.8) is 0 Å². The highest BCUT2D eigenvalue weighted by atomic mass is 16.4. The summed E-state index contributed by atoms with van der Waals surface area (Å²) in [6.45, 7) is 0. The minimum Gasteiger partial charge on any atom is -0.480 e. The second-order valence-corrected chi connectivity index (χ2v) is 4.38. The number of carboxylic acid groups (broad SMARTS) is 1. The molecule has 1 aliphatic carbocycles. The Balaban J connectivity index is 2.51. The molecule has 0 unspecified atom stereocenters. The Bertz CT molecular complexity index is 338. The zero-order chi connectivity index (χ0) is 13.1. The highest BCUT2D eigenvalue weighted by Crippen LogP contribution is 2.29. The summed E-state index contributed by atoms with van der Waals surface area (Å²) in [4.78, 5) is 33.1. The van der Waals surface area contributed by atoms with Gasteiger partial charge in [-0.1, -0.05) is 0 Å². The smallest absolute Gasteiger partial charge is 0.326 e. The molecule has 6 N–H and O–H groups in total. The lowest BCUT2D eigenvalue weighted by Gasteiger charge is -2.37. The van der Waals surface area contributed by atoms with Crippen molar-refractivity contribution in [2.45, 2.75) is 43.7 Å². The molecule has 1 aliphatic rings. The lowest BCUT2D eigenvalue weighted by molar-refractivity contribution is -0.143. The molecule has 1 fully saturated rings. The maximum absolute atomic E-state index is 11.7. The standard InChI is InChI=1S/C10H17N3O4/c11-7(14)3-2-6(8(15)16)13-9(17)10(12)4-1-5-10/h6H,1-5,12H2,(H2,11,14)(H,13,17)(H,15,16)/t6-/m0/s1. The van der Waals surface area contributed by atoms with Crippen LogP contribution in [0.15, 0.2) is 0 Å². The quantitative estimate of drug-likeness (QED) is 0.460. The molecule has 0 saturated heterocycles. The Morgan fingerprint density at radius 2 is 1.94 bits per heavy atom. The summed E-state index contributed by atoms with van der Waals surface area (Å²) in [6, 6.07) is -1.11. The third-order valence-electron chi connectivity index (χ3n) is 2.98. The number of carboxylic acids is 1. The van der Waals surface area contributed by atoms with E-state index in [4.69, 9.17) is 16.6 Å². The minimum absolute atomic E-state index is 0.0213. The molecule has 1 saturated carbocycles. The zero-order valence-electron chi connectivity index (χ0n) is 9.44. The van der Waals surface area contributed by atoms with Crippen molar-refractivity contribution in [3.05, 3.63) is 0 Å². The van der Waals surface area contributed by atoms with Gasteiger partial charge in [-0.25, -0.2) is 4.79 Å². The molecule has 0 aromatic carbocycles. The van der Waals surface area contributed by atoms with E-state index in [0.717, 1.165) is 6.42 Å². The average molecular weight is 243 g/mol. The van der Waals surface area contributed by atoms with E-state index in [2.05, 4.69) is 5.32 Å². The van der Waals surface area contributed by atoms with Gasteiger partial charge in [-0.2, -0.15) is 0 Å². The summed E-state index contributed by atoms with van der Waals surface area (Å²) < 4.78 is 0. The number of primary amides is 1. The number of carbonyl (C=O) groups is 3. The molecule has 17 heavy (non-hydrogen) atoms. The summed E-state index contributed by atoms with van der Waals surface area (Å²) in [5, 5.41) is 11.2. The zero-order valence-corrected chi connectivity index (χ0v) is 9.44. The van der Waals surface area contributed by atoms with Gasteiger partial charge in [0.05, 0.1) is 5.54 Å². The van der Waals surface area contributed by atoms with Crippen LogP contribution in [0.5, 0.6) is 0 Å². The molecule has 0 radical (unpaired) electrons. The van der Waals surface area contributed by atoms with Gasteiger partial charge in [0.15, 0.2) is 0 Å². The van der Waals surface area contributed by atoms with Gasteiger partial charge in [0.1, 0.15) is 6.04 Å². The summed E-state index contributed by atoms with van der Waals surface area (Å²) >= 11 is 0. The van der Waals surface area contributed by atoms with Gasteiger partial charge < -0.3 is 21.9 Å². The van der Waals surface area contributed by atoms with Crippen LogP contribution in [-0.2, 0) is 14.4 Å². The van der Waals surface area contributed by atoms with Gasteiger partial charge in [-0.15, -0.1) is 0 Å². The summed E-state index contributed by atoms with van der Waals surface area (Å²) in [7, 11) is 0. The van der Waals surface area contributed by atoms with Crippen LogP contribution in [-0.4, -0.2) is 34.5 Å². The molecule has 96 valence electrons. The molecular weight excluding hydrogens is 226 g/mol. The van der Waals surface area contributed by atoms with Crippen LogP contribution in [0, 0.1) is 0 Å². The molecular formula is C10H17N3O4. The van der Waals surface area contributed by atoms with E-state index in [1.54, 1.807) is 0 Å². The maximum Gasteiger partial charge on any atom is 0.326 e. The number of nitrogens with two attached hydrogens (primary N) is 2. The Hall–Kier alpha value is -1.63. The van der Waals surface area contributed by atoms with Crippen LogP contribution in [0.3, 0.4) is 0 Å². The lowest BCUT2D eigenvalue weighted by Crippen LogP contribution is -2.61. The topological polar surface area (TPSA) is 136 Å². The summed E-state index contributed by atoms with van der Waals surface area (Å²) in [5.74, 6) is -2.26. The second-order valence-electron chi connectivity index (χ2n) is 4.38. The molecule has 0 spiro atoms. The van der Waals surface area contributed by atoms with Gasteiger partial charge in [0, 0.05) is 6.42 Å². The molecule has 7 nitrogen and oxygen atoms in total. The molecule has 0 aliphatic heterocycles. The fourth-order valence-electron chi connectivity index (χ4n) is 1.63. The van der Waals surface area contributed by atoms with Crippen molar-refractivity contribution < 1.29 is 19.5 Å². The van der Waals surface area contributed by atoms with Crippen molar-refractivity contribution in [2.75, 3.05) is 0 Å². The molecule has 7 heteroatoms. The fourth-order valence-corrected chi connectivity index (χ4v) is 1.63. The van der Waals surface area contributed by atoms with E-state index in [0.29, 0.717) is 12.8 Å². The van der Waals surface area contributed by atoms with Crippen molar-refractivity contribution in [3.8, 4) is 0 Å². The summed E-state index contributed by atoms with van der Waals surface area (Å²) in [6.07, 6.45) is 1.87. The number of hydrogen-bond acceptors (Lipinski definition) is 4. The van der Waals surface area contributed by atoms with Gasteiger partial charge in [-0.3, -0.25) is 9.59 Å². The first-order valence-corrected chi connectivity index (χ1v) is 5.46. The molecule has 1 atom stereocenters. The lowest BCUT2D eigenvalue weighted by atomic mass is 9.77. The highest BCUT2D eigenvalue weighted by Gasteiger charge is 2.41. The number of hydrogen-bond donors (Lipinski definition) is 4. The van der Waals surface area contributed by atoms with E-state index in [9.17, 15) is 14.4 Å². The predicted octanol–water partition coefficient (Wildman–Crippen LogP) is -1.30. The van der Waals surface area contributed by atoms with E-state index in [-0.39, 0.29) is 12.8 Å². The molecule has 2 amide bonds. The Morgan fingerprint density at radius 3 is 2.29 bits per heavy atom.